The van der Waals surface area contributed by atoms with Gasteiger partial charge in [-0.15, -0.1) is 0 Å². The quantitative estimate of drug-likeness (QED) is 0.273. The van der Waals surface area contributed by atoms with E-state index < -0.39 is 30.4 Å². The summed E-state index contributed by atoms with van der Waals surface area (Å²) in [5, 5.41) is 39.1. The number of carboxylic acids is 1. The lowest BCUT2D eigenvalue weighted by molar-refractivity contribution is -0.155. The summed E-state index contributed by atoms with van der Waals surface area (Å²) in [5.74, 6) is -1.05. The third kappa shape index (κ3) is 8.05. The lowest BCUT2D eigenvalue weighted by Crippen LogP contribution is -2.42. The Morgan fingerprint density at radius 3 is 2.65 bits per heavy atom. The number of aliphatic carboxylic acids is 1. The second-order valence-corrected chi connectivity index (χ2v) is 9.08. The number of hydrogen-bond acceptors (Lipinski definition) is 6. The van der Waals surface area contributed by atoms with Gasteiger partial charge in [-0.25, -0.2) is 0 Å². The molecule has 0 aromatic heterocycles. The molecule has 0 saturated carbocycles. The molecule has 4 N–H and O–H groups in total. The minimum atomic E-state index is -1.09. The van der Waals surface area contributed by atoms with Crippen molar-refractivity contribution in [1.82, 2.24) is 0 Å². The van der Waals surface area contributed by atoms with Gasteiger partial charge in [-0.2, -0.15) is 0 Å². The van der Waals surface area contributed by atoms with Gasteiger partial charge >= 0.3 is 11.9 Å². The van der Waals surface area contributed by atoms with E-state index in [0.29, 0.717) is 25.7 Å². The molecule has 0 radical (unpaired) electrons. The molecule has 0 aliphatic heterocycles. The van der Waals surface area contributed by atoms with Gasteiger partial charge in [0.05, 0.1) is 24.7 Å². The molecule has 0 aromatic rings. The van der Waals surface area contributed by atoms with Crippen molar-refractivity contribution < 1.29 is 34.8 Å². The highest BCUT2D eigenvalue weighted by atomic mass is 16.5. The number of ether oxygens (including phenoxy) is 1. The number of hydrogen-bond donors (Lipinski definition) is 4. The van der Waals surface area contributed by atoms with Gasteiger partial charge in [0.1, 0.15) is 6.10 Å². The fraction of sp³-hybridized carbons (Fsp3) is 0.750. The maximum Gasteiger partial charge on any atom is 0.306 e. The molecule has 0 heterocycles. The van der Waals surface area contributed by atoms with Crippen molar-refractivity contribution in [2.75, 3.05) is 0 Å². The van der Waals surface area contributed by atoms with Crippen LogP contribution in [-0.4, -0.2) is 56.8 Å². The minimum Gasteiger partial charge on any atom is -0.481 e. The Labute approximate surface area is 184 Å². The number of aliphatic hydroxyl groups is 3. The third-order valence-corrected chi connectivity index (χ3v) is 6.43. The van der Waals surface area contributed by atoms with E-state index in [1.807, 2.05) is 12.2 Å². The highest BCUT2D eigenvalue weighted by Crippen LogP contribution is 2.44. The molecule has 2 aliphatic carbocycles. The Bertz CT molecular complexity index is 656. The van der Waals surface area contributed by atoms with Crippen LogP contribution in [0.4, 0.5) is 0 Å². The summed E-state index contributed by atoms with van der Waals surface area (Å²) in [6.45, 7) is 4.17. The van der Waals surface area contributed by atoms with Crippen LogP contribution in [0.2, 0.25) is 0 Å². The van der Waals surface area contributed by atoms with Crippen LogP contribution in [0.5, 0.6) is 0 Å². The molecule has 0 unspecified atom stereocenters. The van der Waals surface area contributed by atoms with Crippen LogP contribution in [0, 0.1) is 17.8 Å². The predicted molar refractivity (Wildman–Crippen MR) is 116 cm³/mol. The zero-order chi connectivity index (χ0) is 23.0. The summed E-state index contributed by atoms with van der Waals surface area (Å²) in [6, 6.07) is 0. The van der Waals surface area contributed by atoms with Gasteiger partial charge < -0.3 is 25.2 Å². The van der Waals surface area contributed by atoms with Crippen LogP contribution in [0.1, 0.15) is 71.6 Å². The van der Waals surface area contributed by atoms with E-state index in [-0.39, 0.29) is 36.6 Å². The summed E-state index contributed by atoms with van der Waals surface area (Å²) >= 11 is 0. The molecule has 176 valence electrons. The first-order chi connectivity index (χ1) is 14.7. The van der Waals surface area contributed by atoms with E-state index in [2.05, 4.69) is 19.9 Å². The molecule has 0 saturated heterocycles. The largest absolute Gasteiger partial charge is 0.481 e. The Morgan fingerprint density at radius 1 is 1.23 bits per heavy atom. The average Bonchev–Trinajstić information content (AvgIpc) is 2.66. The van der Waals surface area contributed by atoms with Gasteiger partial charge in [-0.3, -0.25) is 9.59 Å². The highest BCUT2D eigenvalue weighted by molar-refractivity contribution is 5.69. The fourth-order valence-corrected chi connectivity index (χ4v) is 4.84. The lowest BCUT2D eigenvalue weighted by atomic mass is 9.66. The van der Waals surface area contributed by atoms with Crippen molar-refractivity contribution in [2.45, 2.75) is 96.1 Å². The van der Waals surface area contributed by atoms with E-state index in [0.717, 1.165) is 24.8 Å². The number of aliphatic hydroxyl groups excluding tert-OH is 3. The molecule has 7 atom stereocenters. The third-order valence-electron chi connectivity index (χ3n) is 6.43. The number of fused-ring (bicyclic) bond motifs is 1. The molecule has 0 fully saturated rings. The molecule has 0 spiro atoms. The average molecular weight is 439 g/mol. The molecular formula is C24H38O7. The van der Waals surface area contributed by atoms with Crippen LogP contribution in [-0.2, 0) is 14.3 Å². The molecule has 2 aliphatic rings. The van der Waals surface area contributed by atoms with Crippen LogP contribution in [0.3, 0.4) is 0 Å². The number of carbonyl (C=O) groups excluding carboxylic acids is 1. The first kappa shape index (κ1) is 25.6. The summed E-state index contributed by atoms with van der Waals surface area (Å²) in [4.78, 5) is 23.1. The predicted octanol–water partition coefficient (Wildman–Crippen LogP) is 2.97. The topological polar surface area (TPSA) is 124 Å². The van der Waals surface area contributed by atoms with Crippen LogP contribution in [0.15, 0.2) is 23.8 Å². The van der Waals surface area contributed by atoms with Gasteiger partial charge in [-0.1, -0.05) is 44.9 Å². The van der Waals surface area contributed by atoms with Crippen LogP contribution < -0.4 is 0 Å². The Balaban J connectivity index is 2.03. The van der Waals surface area contributed by atoms with Gasteiger partial charge in [0.25, 0.3) is 0 Å². The zero-order valence-corrected chi connectivity index (χ0v) is 18.7. The maximum atomic E-state index is 12.4. The normalized spacial score (nSPS) is 29.6. The smallest absolute Gasteiger partial charge is 0.306 e. The number of allylic oxidation sites excluding steroid dienone is 2. The number of carboxylic acid groups (broad SMARTS) is 1. The Morgan fingerprint density at radius 2 is 1.97 bits per heavy atom. The number of carbonyl (C=O) groups is 2. The second kappa shape index (κ2) is 12.4. The van der Waals surface area contributed by atoms with Gasteiger partial charge in [0.15, 0.2) is 0 Å². The number of unbranched alkanes of at least 4 members (excludes halogenated alkanes) is 2. The molecule has 7 heteroatoms. The number of esters is 1. The first-order valence-electron chi connectivity index (χ1n) is 11.6. The second-order valence-electron chi connectivity index (χ2n) is 9.08. The molecule has 0 aromatic carbocycles. The van der Waals surface area contributed by atoms with E-state index in [4.69, 9.17) is 9.84 Å². The van der Waals surface area contributed by atoms with Crippen molar-refractivity contribution >= 4 is 11.9 Å². The molecule has 0 bridgehead atoms. The van der Waals surface area contributed by atoms with E-state index in [9.17, 15) is 24.9 Å². The van der Waals surface area contributed by atoms with E-state index >= 15 is 0 Å². The Kier molecular flexibility index (Phi) is 10.2. The van der Waals surface area contributed by atoms with E-state index in [1.165, 1.54) is 0 Å². The molecule has 31 heavy (non-hydrogen) atoms. The monoisotopic (exact) mass is 438 g/mol. The molecule has 0 amide bonds. The van der Waals surface area contributed by atoms with E-state index in [1.54, 1.807) is 0 Å². The van der Waals surface area contributed by atoms with Crippen molar-refractivity contribution in [3.63, 3.8) is 0 Å². The molecular weight excluding hydrogens is 400 g/mol. The van der Waals surface area contributed by atoms with Gasteiger partial charge in [0.2, 0.25) is 0 Å². The molecule has 7 nitrogen and oxygen atoms in total. The van der Waals surface area contributed by atoms with Gasteiger partial charge in [-0.05, 0) is 43.1 Å². The van der Waals surface area contributed by atoms with Crippen molar-refractivity contribution in [2.24, 2.45) is 17.8 Å². The standard InChI is InChI=1S/C24H38O7/c1-3-4-5-6-23(30)31-21-13-18(26)11-16-8-7-15(2)20(24(16)21)10-9-17(25)12-19(27)14-22(28)29/h7-8,11,15,17-21,24-27H,3-6,9-10,12-14H2,1-2H3,(H,28,29)/t15-,17-,18-,19-,20+,21+,24+/m1/s1. The summed E-state index contributed by atoms with van der Waals surface area (Å²) in [6.07, 6.45) is 7.21. The molecule has 2 rings (SSSR count). The highest BCUT2D eigenvalue weighted by Gasteiger charge is 2.41. The van der Waals surface area contributed by atoms with Crippen LogP contribution >= 0.6 is 0 Å². The first-order valence-corrected chi connectivity index (χ1v) is 11.6. The minimum absolute atomic E-state index is 0.0190. The maximum absolute atomic E-state index is 12.4. The van der Waals surface area contributed by atoms with Crippen molar-refractivity contribution in [3.05, 3.63) is 23.8 Å². The van der Waals surface area contributed by atoms with Crippen molar-refractivity contribution in [3.8, 4) is 0 Å². The van der Waals surface area contributed by atoms with Gasteiger partial charge in [0, 0.05) is 18.8 Å². The summed E-state index contributed by atoms with van der Waals surface area (Å²) in [7, 11) is 0. The fourth-order valence-electron chi connectivity index (χ4n) is 4.84. The number of rotatable bonds is 12. The van der Waals surface area contributed by atoms with Crippen molar-refractivity contribution in [1.29, 1.82) is 0 Å². The Hall–Kier alpha value is -1.70. The van der Waals surface area contributed by atoms with Crippen LogP contribution in [0.25, 0.3) is 0 Å². The summed E-state index contributed by atoms with van der Waals surface area (Å²) < 4.78 is 5.83. The SMILES string of the molecule is CCCCCC(=O)O[C@H]1C[C@H](O)C=C2C=C[C@@H](C)[C@H](CC[C@@H](O)C[C@@H](O)CC(=O)O)[C@H]21. The lowest BCUT2D eigenvalue weighted by Gasteiger charge is -2.42. The zero-order valence-electron chi connectivity index (χ0n) is 18.7. The summed E-state index contributed by atoms with van der Waals surface area (Å²) in [5.41, 5.74) is 0.966.